The van der Waals surface area contributed by atoms with Gasteiger partial charge in [-0.2, -0.15) is 9.24 Å². The van der Waals surface area contributed by atoms with Crippen molar-refractivity contribution in [3.05, 3.63) is 24.3 Å². The molecule has 0 atom stereocenters. The Morgan fingerprint density at radius 3 is 2.33 bits per heavy atom. The molecule has 0 aromatic carbocycles. The molecule has 0 saturated carbocycles. The summed E-state index contributed by atoms with van der Waals surface area (Å²) in [6.45, 7) is 0. The molecular formula is C10H17ClS. The van der Waals surface area contributed by atoms with Gasteiger partial charge in [0.1, 0.15) is 0 Å². The Morgan fingerprint density at radius 1 is 1.25 bits per heavy atom. The number of halogens is 1. The maximum absolute atomic E-state index is 6.17. The highest BCUT2D eigenvalue weighted by molar-refractivity contribution is 8.50. The zero-order valence-electron chi connectivity index (χ0n) is 7.79. The summed E-state index contributed by atoms with van der Waals surface area (Å²) in [7, 11) is 5.37. The Bertz CT molecular complexity index is 177. The lowest BCUT2D eigenvalue weighted by Crippen LogP contribution is -1.97. The van der Waals surface area contributed by atoms with Crippen LogP contribution in [0.3, 0.4) is 0 Å². The first-order valence-electron chi connectivity index (χ1n) is 4.33. The van der Waals surface area contributed by atoms with Crippen LogP contribution in [0, 0.1) is 5.92 Å². The lowest BCUT2D eigenvalue weighted by Gasteiger charge is -2.21. The Morgan fingerprint density at radius 2 is 1.83 bits per heavy atom. The summed E-state index contributed by atoms with van der Waals surface area (Å²) >= 11 is 0. The molecule has 70 valence electrons. The summed E-state index contributed by atoms with van der Waals surface area (Å²) in [5, 5.41) is 0. The Kier molecular flexibility index (Phi) is 3.73. The third-order valence-electron chi connectivity index (χ3n) is 1.99. The summed E-state index contributed by atoms with van der Waals surface area (Å²) in [6, 6.07) is 0. The first kappa shape index (κ1) is 10.2. The van der Waals surface area contributed by atoms with Crippen molar-refractivity contribution < 1.29 is 0 Å². The van der Waals surface area contributed by atoms with Crippen LogP contribution in [0.2, 0.25) is 0 Å². The van der Waals surface area contributed by atoms with E-state index < -0.39 is 9.24 Å². The maximum Gasteiger partial charge on any atom is -0.00470 e. The molecule has 2 heteroatoms. The molecule has 0 nitrogen and oxygen atoms in total. The minimum absolute atomic E-state index is 0.684. The fourth-order valence-corrected chi connectivity index (χ4v) is 2.51. The first-order valence-corrected chi connectivity index (χ1v) is 7.78. The first-order chi connectivity index (χ1) is 5.58. The standard InChI is InChI=1S/C10H17ClS/c1-12(2,11)9-5-8-10-6-3-4-7-10/h3-4,6-7,10H,5,8-9H2,1-2H3. The molecule has 1 aliphatic carbocycles. The molecule has 0 spiro atoms. The Hall–Kier alpha value is 0.120. The van der Waals surface area contributed by atoms with Gasteiger partial charge >= 0.3 is 0 Å². The van der Waals surface area contributed by atoms with Gasteiger partial charge in [0.25, 0.3) is 0 Å². The van der Waals surface area contributed by atoms with Crippen LogP contribution in [0.25, 0.3) is 0 Å². The van der Waals surface area contributed by atoms with Gasteiger partial charge in [0, 0.05) is 0 Å². The molecule has 1 aliphatic rings. The SMILES string of the molecule is CS(C)(Cl)CCCC1C=CC=C1. The average molecular weight is 205 g/mol. The predicted octanol–water partition coefficient (Wildman–Crippen LogP) is 3.73. The second-order valence-electron chi connectivity index (χ2n) is 3.68. The molecule has 1 rings (SSSR count). The quantitative estimate of drug-likeness (QED) is 0.655. The van der Waals surface area contributed by atoms with E-state index in [2.05, 4.69) is 36.8 Å². The van der Waals surface area contributed by atoms with Gasteiger partial charge in [-0.05, 0) is 37.0 Å². The van der Waals surface area contributed by atoms with E-state index in [-0.39, 0.29) is 0 Å². The van der Waals surface area contributed by atoms with Crippen LogP contribution in [-0.4, -0.2) is 18.3 Å². The highest BCUT2D eigenvalue weighted by atomic mass is 35.7. The topological polar surface area (TPSA) is 0 Å². The van der Waals surface area contributed by atoms with Gasteiger partial charge in [-0.25, -0.2) is 0 Å². The molecule has 0 amide bonds. The van der Waals surface area contributed by atoms with Crippen LogP contribution >= 0.6 is 19.9 Å². The summed E-state index contributed by atoms with van der Waals surface area (Å²) < 4.78 is 0. The molecule has 0 fully saturated rings. The molecule has 0 N–H and O–H groups in total. The van der Waals surface area contributed by atoms with E-state index in [4.69, 9.17) is 10.7 Å². The molecule has 0 bridgehead atoms. The van der Waals surface area contributed by atoms with E-state index in [9.17, 15) is 0 Å². The molecular weight excluding hydrogens is 188 g/mol. The van der Waals surface area contributed by atoms with E-state index in [0.717, 1.165) is 0 Å². The lowest BCUT2D eigenvalue weighted by molar-refractivity contribution is 0.702. The second kappa shape index (κ2) is 4.38. The van der Waals surface area contributed by atoms with Crippen molar-refractivity contribution in [2.75, 3.05) is 18.3 Å². The van der Waals surface area contributed by atoms with Crippen molar-refractivity contribution in [3.8, 4) is 0 Å². The third-order valence-corrected chi connectivity index (χ3v) is 3.72. The van der Waals surface area contributed by atoms with Crippen LogP contribution in [-0.2, 0) is 0 Å². The zero-order valence-corrected chi connectivity index (χ0v) is 9.37. The van der Waals surface area contributed by atoms with Crippen LogP contribution in [0.15, 0.2) is 24.3 Å². The highest BCUT2D eigenvalue weighted by Gasteiger charge is 2.08. The molecule has 0 aromatic heterocycles. The summed E-state index contributed by atoms with van der Waals surface area (Å²) in [4.78, 5) is 0. The van der Waals surface area contributed by atoms with Crippen molar-refractivity contribution in [2.24, 2.45) is 5.92 Å². The van der Waals surface area contributed by atoms with Crippen molar-refractivity contribution in [3.63, 3.8) is 0 Å². The Balaban J connectivity index is 2.10. The predicted molar refractivity (Wildman–Crippen MR) is 61.2 cm³/mol. The maximum atomic E-state index is 6.17. The van der Waals surface area contributed by atoms with Gasteiger partial charge < -0.3 is 0 Å². The Labute approximate surface area is 81.5 Å². The van der Waals surface area contributed by atoms with Crippen LogP contribution in [0.4, 0.5) is 0 Å². The summed E-state index contributed by atoms with van der Waals surface area (Å²) in [5.74, 6) is 1.87. The number of allylic oxidation sites excluding steroid dienone is 4. The van der Waals surface area contributed by atoms with E-state index in [0.29, 0.717) is 5.92 Å². The molecule has 0 unspecified atom stereocenters. The second-order valence-corrected chi connectivity index (χ2v) is 9.40. The van der Waals surface area contributed by atoms with E-state index in [1.807, 2.05) is 0 Å². The van der Waals surface area contributed by atoms with Crippen LogP contribution in [0.1, 0.15) is 12.8 Å². The van der Waals surface area contributed by atoms with Gasteiger partial charge in [0.05, 0.1) is 0 Å². The van der Waals surface area contributed by atoms with E-state index in [1.165, 1.54) is 18.6 Å². The van der Waals surface area contributed by atoms with Crippen LogP contribution < -0.4 is 0 Å². The number of hydrogen-bond donors (Lipinski definition) is 0. The summed E-state index contributed by atoms with van der Waals surface area (Å²) in [6.07, 6.45) is 15.6. The molecule has 0 radical (unpaired) electrons. The number of hydrogen-bond acceptors (Lipinski definition) is 0. The van der Waals surface area contributed by atoms with E-state index in [1.54, 1.807) is 0 Å². The van der Waals surface area contributed by atoms with Gasteiger partial charge in [0.2, 0.25) is 0 Å². The fraction of sp³-hybridized carbons (Fsp3) is 0.600. The van der Waals surface area contributed by atoms with Crippen LogP contribution in [0.5, 0.6) is 0 Å². The monoisotopic (exact) mass is 204 g/mol. The largest absolute Gasteiger partial charge is 0.169 e. The molecule has 12 heavy (non-hydrogen) atoms. The van der Waals surface area contributed by atoms with Crippen molar-refractivity contribution >= 4 is 19.9 Å². The van der Waals surface area contributed by atoms with Gasteiger partial charge in [-0.3, -0.25) is 0 Å². The van der Waals surface area contributed by atoms with E-state index >= 15 is 0 Å². The fourth-order valence-electron chi connectivity index (χ4n) is 1.33. The van der Waals surface area contributed by atoms with Crippen molar-refractivity contribution in [1.29, 1.82) is 0 Å². The minimum Gasteiger partial charge on any atom is -0.169 e. The van der Waals surface area contributed by atoms with Crippen molar-refractivity contribution in [1.82, 2.24) is 0 Å². The number of rotatable bonds is 4. The average Bonchev–Trinajstić information content (AvgIpc) is 2.36. The minimum atomic E-state index is -0.792. The molecule has 0 aliphatic heterocycles. The van der Waals surface area contributed by atoms with Gasteiger partial charge in [-0.1, -0.05) is 35.0 Å². The molecule has 0 heterocycles. The molecule has 0 saturated heterocycles. The lowest BCUT2D eigenvalue weighted by atomic mass is 10.1. The summed E-state index contributed by atoms with van der Waals surface area (Å²) in [5.41, 5.74) is 0. The smallest absolute Gasteiger partial charge is 0.00470 e. The highest BCUT2D eigenvalue weighted by Crippen LogP contribution is 2.46. The third kappa shape index (κ3) is 4.22. The normalized spacial score (nSPS) is 18.9. The van der Waals surface area contributed by atoms with Gasteiger partial charge in [-0.15, -0.1) is 0 Å². The van der Waals surface area contributed by atoms with Crippen molar-refractivity contribution in [2.45, 2.75) is 12.8 Å². The van der Waals surface area contributed by atoms with Gasteiger partial charge in [0.15, 0.2) is 0 Å². The molecule has 0 aromatic rings. The zero-order chi connectivity index (χ0) is 9.03.